The molecule has 0 unspecified atom stereocenters. The van der Waals surface area contributed by atoms with Crippen LogP contribution in [0.15, 0.2) is 22.3 Å². The molecule has 3 rings (SSSR count). The second-order valence-electron chi connectivity index (χ2n) is 4.77. The Morgan fingerprint density at radius 3 is 1.40 bits per heavy atom. The van der Waals surface area contributed by atoms with Crippen LogP contribution < -0.4 is 10.9 Å². The van der Waals surface area contributed by atoms with Gasteiger partial charge in [-0.25, -0.2) is 20.2 Å². The van der Waals surface area contributed by atoms with Crippen molar-refractivity contribution in [1.29, 1.82) is 0 Å². The smallest absolute Gasteiger partial charge is 0.240 e. The van der Waals surface area contributed by atoms with E-state index in [1.807, 2.05) is 39.8 Å². The van der Waals surface area contributed by atoms with E-state index in [2.05, 4.69) is 31.3 Å². The molecule has 0 fully saturated rings. The van der Waals surface area contributed by atoms with Crippen molar-refractivity contribution in [2.45, 2.75) is 27.7 Å². The van der Waals surface area contributed by atoms with Crippen LogP contribution in [-0.2, 0) is 0 Å². The van der Waals surface area contributed by atoms with Gasteiger partial charge in [0.05, 0.1) is 11.4 Å². The topological polar surface area (TPSA) is 84.4 Å². The predicted molar refractivity (Wildman–Crippen MR) is 75.3 cm³/mol. The number of hydrazone groups is 2. The van der Waals surface area contributed by atoms with Crippen LogP contribution in [0.3, 0.4) is 0 Å². The van der Waals surface area contributed by atoms with E-state index in [0.29, 0.717) is 11.9 Å². The minimum Gasteiger partial charge on any atom is -0.240 e. The van der Waals surface area contributed by atoms with Crippen LogP contribution in [0, 0.1) is 27.7 Å². The van der Waals surface area contributed by atoms with Gasteiger partial charge in [-0.15, -0.1) is 10.2 Å². The van der Waals surface area contributed by atoms with Crippen molar-refractivity contribution in [2.75, 3.05) is 0 Å². The molecular formula is C12H16N8. The maximum atomic E-state index is 4.35. The van der Waals surface area contributed by atoms with Gasteiger partial charge in [-0.3, -0.25) is 0 Å². The van der Waals surface area contributed by atoms with E-state index >= 15 is 0 Å². The minimum atomic E-state index is 0.529. The van der Waals surface area contributed by atoms with E-state index in [-0.39, 0.29) is 0 Å². The lowest BCUT2D eigenvalue weighted by molar-refractivity contribution is 0.727. The summed E-state index contributed by atoms with van der Waals surface area (Å²) in [6, 6.07) is 3.95. The van der Waals surface area contributed by atoms with Crippen molar-refractivity contribution in [3.8, 4) is 0 Å². The summed E-state index contributed by atoms with van der Waals surface area (Å²) in [5.41, 5.74) is 9.61. The molecule has 0 saturated heterocycles. The predicted octanol–water partition coefficient (Wildman–Crippen LogP) is 0.444. The quantitative estimate of drug-likeness (QED) is 0.729. The largest absolute Gasteiger partial charge is 0.262 e. The zero-order valence-corrected chi connectivity index (χ0v) is 11.8. The van der Waals surface area contributed by atoms with Gasteiger partial charge in [0.25, 0.3) is 11.9 Å². The standard InChI is InChI=1S/C12H16N8/c1-7-5-9(3)19(17-7)11-13-15-12(16-14-11)20-10(4)6-8(2)18-20/h5-6H,1-4H3,(H,13,14)(H,15,16). The fourth-order valence-electron chi connectivity index (χ4n) is 2.13. The van der Waals surface area contributed by atoms with Gasteiger partial charge in [-0.1, -0.05) is 0 Å². The van der Waals surface area contributed by atoms with E-state index in [1.165, 1.54) is 0 Å². The summed E-state index contributed by atoms with van der Waals surface area (Å²) >= 11 is 0. The molecule has 3 heterocycles. The first-order valence-electron chi connectivity index (χ1n) is 6.29. The van der Waals surface area contributed by atoms with Gasteiger partial charge in [0.15, 0.2) is 0 Å². The lowest BCUT2D eigenvalue weighted by Gasteiger charge is -2.15. The van der Waals surface area contributed by atoms with Crippen LogP contribution >= 0.6 is 0 Å². The Kier molecular flexibility index (Phi) is 2.78. The van der Waals surface area contributed by atoms with E-state index in [1.54, 1.807) is 9.36 Å². The molecule has 0 atom stereocenters. The third-order valence-electron chi connectivity index (χ3n) is 2.94. The average molecular weight is 272 g/mol. The zero-order chi connectivity index (χ0) is 14.3. The van der Waals surface area contributed by atoms with Crippen LogP contribution in [0.1, 0.15) is 22.8 Å². The van der Waals surface area contributed by atoms with Crippen LogP contribution in [0.4, 0.5) is 0 Å². The number of rotatable bonds is 0. The first-order chi connectivity index (χ1) is 9.54. The normalized spacial score (nSPS) is 14.4. The monoisotopic (exact) mass is 272 g/mol. The molecule has 8 nitrogen and oxygen atoms in total. The third-order valence-corrected chi connectivity index (χ3v) is 2.94. The van der Waals surface area contributed by atoms with Crippen molar-refractivity contribution in [3.63, 3.8) is 0 Å². The molecule has 20 heavy (non-hydrogen) atoms. The van der Waals surface area contributed by atoms with Crippen LogP contribution in [0.25, 0.3) is 0 Å². The molecule has 0 spiro atoms. The molecule has 2 aromatic heterocycles. The molecule has 0 aliphatic carbocycles. The summed E-state index contributed by atoms with van der Waals surface area (Å²) in [6.45, 7) is 7.80. The maximum absolute atomic E-state index is 4.35. The molecule has 104 valence electrons. The molecule has 1 aliphatic heterocycles. The highest BCUT2D eigenvalue weighted by atomic mass is 15.6. The van der Waals surface area contributed by atoms with Crippen LogP contribution in [0.2, 0.25) is 0 Å². The molecule has 8 heteroatoms. The fourth-order valence-corrected chi connectivity index (χ4v) is 2.13. The Balaban J connectivity index is 1.84. The SMILES string of the molecule is Cc1cc(C)n(C2=NNC(n3nc(C)cc3C)=NN2)n1. The van der Waals surface area contributed by atoms with Crippen molar-refractivity contribution in [1.82, 2.24) is 30.4 Å². The number of aromatic nitrogens is 4. The molecule has 2 aromatic rings. The van der Waals surface area contributed by atoms with Crippen molar-refractivity contribution in [2.24, 2.45) is 10.2 Å². The summed E-state index contributed by atoms with van der Waals surface area (Å²) < 4.78 is 3.40. The van der Waals surface area contributed by atoms with Crippen LogP contribution in [0.5, 0.6) is 0 Å². The Morgan fingerprint density at radius 1 is 0.750 bits per heavy atom. The van der Waals surface area contributed by atoms with Gasteiger partial charge in [0.1, 0.15) is 0 Å². The molecule has 0 aromatic carbocycles. The number of hydrogen-bond acceptors (Lipinski definition) is 6. The number of hydrogen-bond donors (Lipinski definition) is 2. The van der Waals surface area contributed by atoms with Gasteiger partial charge in [-0.2, -0.15) is 10.2 Å². The Morgan fingerprint density at radius 2 is 1.15 bits per heavy atom. The van der Waals surface area contributed by atoms with E-state index in [9.17, 15) is 0 Å². The van der Waals surface area contributed by atoms with Crippen molar-refractivity contribution < 1.29 is 0 Å². The van der Waals surface area contributed by atoms with Gasteiger partial charge < -0.3 is 0 Å². The zero-order valence-electron chi connectivity index (χ0n) is 11.8. The van der Waals surface area contributed by atoms with Crippen molar-refractivity contribution >= 4 is 11.9 Å². The Labute approximate surface area is 116 Å². The maximum Gasteiger partial charge on any atom is 0.262 e. The first-order valence-corrected chi connectivity index (χ1v) is 6.29. The van der Waals surface area contributed by atoms with E-state index in [0.717, 1.165) is 22.8 Å². The van der Waals surface area contributed by atoms with Gasteiger partial charge in [0.2, 0.25) is 0 Å². The summed E-state index contributed by atoms with van der Waals surface area (Å²) in [5.74, 6) is 1.06. The number of nitrogens with one attached hydrogen (secondary N) is 2. The number of nitrogens with zero attached hydrogens (tertiary/aromatic N) is 6. The van der Waals surface area contributed by atoms with Crippen LogP contribution in [-0.4, -0.2) is 31.5 Å². The average Bonchev–Trinajstić information content (AvgIpc) is 2.92. The van der Waals surface area contributed by atoms with Gasteiger partial charge in [0, 0.05) is 11.4 Å². The molecule has 1 aliphatic rings. The lowest BCUT2D eigenvalue weighted by atomic mass is 10.4. The van der Waals surface area contributed by atoms with E-state index < -0.39 is 0 Å². The lowest BCUT2D eigenvalue weighted by Crippen LogP contribution is -2.41. The van der Waals surface area contributed by atoms with Crippen molar-refractivity contribution in [3.05, 3.63) is 34.9 Å². The summed E-state index contributed by atoms with van der Waals surface area (Å²) in [5, 5.41) is 17.2. The van der Waals surface area contributed by atoms with Gasteiger partial charge in [-0.05, 0) is 39.8 Å². The van der Waals surface area contributed by atoms with E-state index in [4.69, 9.17) is 0 Å². The molecule has 0 bridgehead atoms. The molecular weight excluding hydrogens is 256 g/mol. The highest BCUT2D eigenvalue weighted by Gasteiger charge is 2.15. The highest BCUT2D eigenvalue weighted by molar-refractivity contribution is 5.90. The third kappa shape index (κ3) is 2.04. The van der Waals surface area contributed by atoms with Gasteiger partial charge >= 0.3 is 0 Å². The fraction of sp³-hybridized carbons (Fsp3) is 0.333. The Hall–Kier alpha value is -2.64. The number of aryl methyl sites for hydroxylation is 4. The Bertz CT molecular complexity index is 656. The highest BCUT2D eigenvalue weighted by Crippen LogP contribution is 2.04. The molecule has 0 saturated carbocycles. The first kappa shape index (κ1) is 12.4. The summed E-state index contributed by atoms with van der Waals surface area (Å²) in [4.78, 5) is 0. The molecule has 0 amide bonds. The second-order valence-corrected chi connectivity index (χ2v) is 4.77. The second kappa shape index (κ2) is 4.48. The summed E-state index contributed by atoms with van der Waals surface area (Å²) in [7, 11) is 0. The molecule has 0 radical (unpaired) electrons. The summed E-state index contributed by atoms with van der Waals surface area (Å²) in [6.07, 6.45) is 0. The minimum absolute atomic E-state index is 0.529. The molecule has 2 N–H and O–H groups in total.